The van der Waals surface area contributed by atoms with Crippen molar-refractivity contribution in [2.45, 2.75) is 45.7 Å². The first-order chi connectivity index (χ1) is 13.0. The van der Waals surface area contributed by atoms with Crippen LogP contribution in [-0.2, 0) is 24.2 Å². The summed E-state index contributed by atoms with van der Waals surface area (Å²) in [5, 5.41) is 1.30. The molecule has 0 saturated heterocycles. The molecule has 1 atom stereocenters. The number of amides is 1. The van der Waals surface area contributed by atoms with Crippen LogP contribution in [-0.4, -0.2) is 28.5 Å². The zero-order valence-electron chi connectivity index (χ0n) is 16.5. The molecule has 1 aromatic heterocycles. The van der Waals surface area contributed by atoms with Crippen molar-refractivity contribution in [1.29, 1.82) is 0 Å². The van der Waals surface area contributed by atoms with E-state index in [1.165, 1.54) is 22.2 Å². The van der Waals surface area contributed by atoms with Crippen molar-refractivity contribution in [2.75, 3.05) is 7.05 Å². The number of fused-ring (bicyclic) bond motifs is 3. The molecule has 0 spiro atoms. The van der Waals surface area contributed by atoms with Gasteiger partial charge in [-0.25, -0.2) is 0 Å². The van der Waals surface area contributed by atoms with Gasteiger partial charge in [0.1, 0.15) is 0 Å². The van der Waals surface area contributed by atoms with E-state index in [0.717, 1.165) is 25.8 Å². The van der Waals surface area contributed by atoms with Crippen molar-refractivity contribution in [1.82, 2.24) is 9.47 Å². The quantitative estimate of drug-likeness (QED) is 0.663. The lowest BCUT2D eigenvalue weighted by Crippen LogP contribution is -2.48. The Morgan fingerprint density at radius 2 is 1.81 bits per heavy atom. The maximum atomic E-state index is 13.3. The van der Waals surface area contributed by atoms with E-state index in [1.54, 1.807) is 0 Å². The Morgan fingerprint density at radius 1 is 1.11 bits per heavy atom. The molecule has 0 fully saturated rings. The zero-order valence-corrected chi connectivity index (χ0v) is 16.5. The largest absolute Gasteiger partial charge is 0.343 e. The molecule has 2 aromatic carbocycles. The molecule has 0 bridgehead atoms. The molecular formula is C24H28N2O. The molecule has 1 aliphatic rings. The van der Waals surface area contributed by atoms with Crippen LogP contribution in [0.25, 0.3) is 10.9 Å². The lowest BCUT2D eigenvalue weighted by molar-refractivity contribution is -0.141. The minimum absolute atomic E-state index is 0.233. The summed E-state index contributed by atoms with van der Waals surface area (Å²) in [6.45, 7) is 5.02. The summed E-state index contributed by atoms with van der Waals surface area (Å²) in [5.74, 6) is 0.233. The van der Waals surface area contributed by atoms with Crippen LogP contribution < -0.4 is 0 Å². The first-order valence-corrected chi connectivity index (χ1v) is 9.84. The molecule has 0 N–H and O–H groups in total. The average molecular weight is 361 g/mol. The van der Waals surface area contributed by atoms with E-state index >= 15 is 0 Å². The number of carbonyl (C=O) groups is 1. The van der Waals surface area contributed by atoms with Gasteiger partial charge in [-0.15, -0.1) is 0 Å². The molecule has 2 heterocycles. The van der Waals surface area contributed by atoms with Crippen LogP contribution in [0, 0.1) is 5.41 Å². The molecule has 1 amide bonds. The minimum atomic E-state index is -0.408. The highest BCUT2D eigenvalue weighted by Crippen LogP contribution is 2.30. The summed E-state index contributed by atoms with van der Waals surface area (Å²) >= 11 is 0. The maximum absolute atomic E-state index is 13.3. The third kappa shape index (κ3) is 3.39. The van der Waals surface area contributed by atoms with Crippen molar-refractivity contribution in [3.05, 3.63) is 71.9 Å². The third-order valence-electron chi connectivity index (χ3n) is 5.96. The van der Waals surface area contributed by atoms with Crippen LogP contribution in [0.4, 0.5) is 0 Å². The van der Waals surface area contributed by atoms with Gasteiger partial charge in [-0.3, -0.25) is 4.79 Å². The topological polar surface area (TPSA) is 25.2 Å². The first-order valence-electron chi connectivity index (χ1n) is 9.84. The van der Waals surface area contributed by atoms with Gasteiger partial charge < -0.3 is 9.47 Å². The fourth-order valence-electron chi connectivity index (χ4n) is 4.45. The van der Waals surface area contributed by atoms with Gasteiger partial charge in [-0.2, -0.15) is 0 Å². The Labute approximate surface area is 161 Å². The number of aromatic nitrogens is 1. The normalized spacial score (nSPS) is 16.9. The molecule has 140 valence electrons. The van der Waals surface area contributed by atoms with Crippen molar-refractivity contribution in [3.63, 3.8) is 0 Å². The summed E-state index contributed by atoms with van der Waals surface area (Å²) in [4.78, 5) is 15.3. The van der Waals surface area contributed by atoms with Gasteiger partial charge in [0, 0.05) is 36.3 Å². The number of rotatable bonds is 4. The number of hydrogen-bond acceptors (Lipinski definition) is 1. The molecule has 0 saturated carbocycles. The second kappa shape index (κ2) is 6.88. The number of para-hydroxylation sites is 1. The molecule has 4 rings (SSSR count). The smallest absolute Gasteiger partial charge is 0.228 e. The maximum Gasteiger partial charge on any atom is 0.228 e. The van der Waals surface area contributed by atoms with Crippen LogP contribution in [0.15, 0.2) is 60.7 Å². The molecule has 1 aliphatic heterocycles. The number of benzene rings is 2. The number of nitrogens with zero attached hydrogens (tertiary/aromatic N) is 2. The Morgan fingerprint density at radius 3 is 2.59 bits per heavy atom. The highest BCUT2D eigenvalue weighted by atomic mass is 16.2. The lowest BCUT2D eigenvalue weighted by atomic mass is 9.83. The van der Waals surface area contributed by atoms with Gasteiger partial charge >= 0.3 is 0 Å². The Kier molecular flexibility index (Phi) is 4.55. The molecule has 0 radical (unpaired) electrons. The zero-order chi connectivity index (χ0) is 19.0. The van der Waals surface area contributed by atoms with E-state index < -0.39 is 5.41 Å². The Hall–Kier alpha value is -2.55. The summed E-state index contributed by atoms with van der Waals surface area (Å²) in [7, 11) is 1.98. The van der Waals surface area contributed by atoms with E-state index in [1.807, 2.05) is 30.1 Å². The van der Waals surface area contributed by atoms with Gasteiger partial charge in [0.25, 0.3) is 0 Å². The summed E-state index contributed by atoms with van der Waals surface area (Å²) in [6, 6.07) is 21.4. The third-order valence-corrected chi connectivity index (χ3v) is 5.96. The van der Waals surface area contributed by atoms with Gasteiger partial charge in [0.05, 0.1) is 0 Å². The molecule has 3 heteroatoms. The summed E-state index contributed by atoms with van der Waals surface area (Å²) in [6.07, 6.45) is 2.82. The molecule has 3 nitrogen and oxygen atoms in total. The van der Waals surface area contributed by atoms with Crippen LogP contribution in [0.5, 0.6) is 0 Å². The first kappa shape index (κ1) is 17.8. The highest BCUT2D eigenvalue weighted by molar-refractivity contribution is 5.83. The van der Waals surface area contributed by atoms with Gasteiger partial charge in [0.15, 0.2) is 0 Å². The van der Waals surface area contributed by atoms with Gasteiger partial charge in [-0.05, 0) is 42.3 Å². The van der Waals surface area contributed by atoms with E-state index in [2.05, 4.69) is 60.9 Å². The van der Waals surface area contributed by atoms with Crippen molar-refractivity contribution >= 4 is 16.8 Å². The fraction of sp³-hybridized carbons (Fsp3) is 0.375. The van der Waals surface area contributed by atoms with E-state index in [0.29, 0.717) is 0 Å². The van der Waals surface area contributed by atoms with Crippen molar-refractivity contribution in [3.8, 4) is 0 Å². The van der Waals surface area contributed by atoms with Crippen molar-refractivity contribution in [2.24, 2.45) is 5.41 Å². The lowest BCUT2D eigenvalue weighted by Gasteiger charge is -2.37. The Bertz CT molecular complexity index is 955. The van der Waals surface area contributed by atoms with Crippen LogP contribution in [0.2, 0.25) is 0 Å². The van der Waals surface area contributed by atoms with E-state index in [4.69, 9.17) is 0 Å². The Balaban J connectivity index is 1.52. The average Bonchev–Trinajstić information content (AvgIpc) is 3.05. The second-order valence-corrected chi connectivity index (χ2v) is 8.46. The van der Waals surface area contributed by atoms with Gasteiger partial charge in [0.2, 0.25) is 5.91 Å². The fourth-order valence-corrected chi connectivity index (χ4v) is 4.45. The van der Waals surface area contributed by atoms with E-state index in [-0.39, 0.29) is 11.9 Å². The predicted octanol–water partition coefficient (Wildman–Crippen LogP) is 4.68. The number of likely N-dealkylation sites (N-methyl/N-ethyl adjacent to an activating group) is 1. The number of aryl methyl sites for hydroxylation is 1. The highest BCUT2D eigenvalue weighted by Gasteiger charge is 2.35. The summed E-state index contributed by atoms with van der Waals surface area (Å²) in [5.41, 5.74) is 3.47. The van der Waals surface area contributed by atoms with Crippen molar-refractivity contribution < 1.29 is 4.79 Å². The monoisotopic (exact) mass is 360 g/mol. The molecule has 3 aromatic rings. The molecule has 0 unspecified atom stereocenters. The van der Waals surface area contributed by atoms with Gasteiger partial charge in [-0.1, -0.05) is 62.4 Å². The predicted molar refractivity (Wildman–Crippen MR) is 111 cm³/mol. The van der Waals surface area contributed by atoms with Crippen LogP contribution >= 0.6 is 0 Å². The standard InChI is InChI=1S/C24H28N2O/c1-24(2,16-18-9-5-4-6-10-18)23(27)25(3)21-14-13-20-15-19-11-7-8-12-22(19)26(20)17-21/h4-12,15,21H,13-14,16-17H2,1-3H3/t21-/m1/s1. The van der Waals surface area contributed by atoms with Crippen LogP contribution in [0.1, 0.15) is 31.5 Å². The summed E-state index contributed by atoms with van der Waals surface area (Å²) < 4.78 is 2.40. The van der Waals surface area contributed by atoms with Crippen LogP contribution in [0.3, 0.4) is 0 Å². The molecular weight excluding hydrogens is 332 g/mol. The van der Waals surface area contributed by atoms with E-state index in [9.17, 15) is 4.79 Å². The number of hydrogen-bond donors (Lipinski definition) is 0. The minimum Gasteiger partial charge on any atom is -0.343 e. The molecule has 27 heavy (non-hydrogen) atoms. The second-order valence-electron chi connectivity index (χ2n) is 8.46. The molecule has 0 aliphatic carbocycles. The number of carbonyl (C=O) groups excluding carboxylic acids is 1. The SMILES string of the molecule is CN(C(=O)C(C)(C)Cc1ccccc1)[C@@H]1CCc2cc3ccccc3n2C1.